The lowest BCUT2D eigenvalue weighted by molar-refractivity contribution is 0.0681. The lowest BCUT2D eigenvalue weighted by atomic mass is 9.94. The smallest absolute Gasteiger partial charge is 0.352 e. The Bertz CT molecular complexity index is 411. The molecular formula is C12H16BrNO2S. The maximum Gasteiger partial charge on any atom is 0.352 e. The molecule has 2 rings (SSSR count). The second-order valence-corrected chi connectivity index (χ2v) is 6.48. The quantitative estimate of drug-likeness (QED) is 0.922. The molecule has 1 aromatic heterocycles. The summed E-state index contributed by atoms with van der Waals surface area (Å²) in [7, 11) is 0. The van der Waals surface area contributed by atoms with Crippen molar-refractivity contribution >= 4 is 33.7 Å². The summed E-state index contributed by atoms with van der Waals surface area (Å²) in [4.78, 5) is 11.2. The third-order valence-corrected chi connectivity index (χ3v) is 4.98. The number of hydrogen-bond acceptors (Lipinski definition) is 2. The first-order valence-electron chi connectivity index (χ1n) is 5.75. The van der Waals surface area contributed by atoms with E-state index in [4.69, 9.17) is 5.11 Å². The molecule has 0 aliphatic heterocycles. The molecule has 1 saturated carbocycles. The van der Waals surface area contributed by atoms with Gasteiger partial charge in [0.1, 0.15) is 5.69 Å². The van der Waals surface area contributed by atoms with Crippen molar-refractivity contribution < 1.29 is 9.90 Å². The molecule has 1 aliphatic rings. The average Bonchev–Trinajstić information content (AvgIpc) is 2.72. The van der Waals surface area contributed by atoms with Crippen LogP contribution in [-0.2, 0) is 0 Å². The van der Waals surface area contributed by atoms with Gasteiger partial charge in [-0.15, -0.1) is 0 Å². The van der Waals surface area contributed by atoms with Crippen LogP contribution in [0.15, 0.2) is 16.7 Å². The Kier molecular flexibility index (Phi) is 4.20. The molecule has 0 atom stereocenters. The first kappa shape index (κ1) is 13.0. The lowest BCUT2D eigenvalue weighted by Crippen LogP contribution is -2.21. The minimum Gasteiger partial charge on any atom is -0.477 e. The molecule has 1 aromatic rings. The molecule has 94 valence electrons. The molecule has 0 unspecified atom stereocenters. The minimum atomic E-state index is -0.845. The van der Waals surface area contributed by atoms with Crippen LogP contribution in [-0.4, -0.2) is 27.1 Å². The molecule has 3 nitrogen and oxygen atoms in total. The third kappa shape index (κ3) is 2.88. The van der Waals surface area contributed by atoms with Crippen LogP contribution in [0.4, 0.5) is 0 Å². The van der Waals surface area contributed by atoms with Crippen LogP contribution in [0.25, 0.3) is 0 Å². The summed E-state index contributed by atoms with van der Waals surface area (Å²) in [5.74, 6) is -0.845. The molecule has 1 fully saturated rings. The maximum absolute atomic E-state index is 11.2. The van der Waals surface area contributed by atoms with Gasteiger partial charge >= 0.3 is 5.97 Å². The zero-order valence-electron chi connectivity index (χ0n) is 9.73. The van der Waals surface area contributed by atoms with Gasteiger partial charge in [0.15, 0.2) is 0 Å². The average molecular weight is 318 g/mol. The van der Waals surface area contributed by atoms with Gasteiger partial charge in [-0.1, -0.05) is 0 Å². The summed E-state index contributed by atoms with van der Waals surface area (Å²) in [6, 6.07) is 2.03. The number of carboxylic acids is 1. The zero-order valence-corrected chi connectivity index (χ0v) is 12.1. The number of rotatable bonds is 3. The van der Waals surface area contributed by atoms with Crippen LogP contribution in [0.5, 0.6) is 0 Å². The second kappa shape index (κ2) is 5.48. The molecule has 0 spiro atoms. The van der Waals surface area contributed by atoms with E-state index in [1.807, 2.05) is 22.5 Å². The third-order valence-electron chi connectivity index (χ3n) is 3.40. The standard InChI is InChI=1S/C12H16BrNO2S/c1-17-10-4-2-9(3-5-10)14-7-8(13)6-11(14)12(15)16/h6-7,9-10H,2-5H2,1H3,(H,15,16). The van der Waals surface area contributed by atoms with E-state index in [9.17, 15) is 4.79 Å². The van der Waals surface area contributed by atoms with Crippen molar-refractivity contribution in [2.45, 2.75) is 37.0 Å². The maximum atomic E-state index is 11.2. The summed E-state index contributed by atoms with van der Waals surface area (Å²) in [5.41, 5.74) is 0.393. The van der Waals surface area contributed by atoms with E-state index in [1.54, 1.807) is 6.07 Å². The van der Waals surface area contributed by atoms with Gasteiger partial charge in [0, 0.05) is 22.0 Å². The number of carbonyl (C=O) groups is 1. The van der Waals surface area contributed by atoms with Crippen LogP contribution in [0.3, 0.4) is 0 Å². The number of nitrogens with zero attached hydrogens (tertiary/aromatic N) is 1. The number of halogens is 1. The van der Waals surface area contributed by atoms with E-state index >= 15 is 0 Å². The van der Waals surface area contributed by atoms with Gasteiger partial charge in [0.2, 0.25) is 0 Å². The normalized spacial score (nSPS) is 24.8. The Labute approximate surface area is 114 Å². The van der Waals surface area contributed by atoms with Gasteiger partial charge in [-0.2, -0.15) is 11.8 Å². The number of carboxylic acid groups (broad SMARTS) is 1. The first-order valence-corrected chi connectivity index (χ1v) is 7.83. The topological polar surface area (TPSA) is 42.2 Å². The Hall–Kier alpha value is -0.420. The monoisotopic (exact) mass is 317 g/mol. The summed E-state index contributed by atoms with van der Waals surface area (Å²) < 4.78 is 2.77. The van der Waals surface area contributed by atoms with Crippen LogP contribution in [0.1, 0.15) is 42.2 Å². The number of aromatic carboxylic acids is 1. The first-order chi connectivity index (χ1) is 8.11. The highest BCUT2D eigenvalue weighted by Gasteiger charge is 2.24. The predicted molar refractivity (Wildman–Crippen MR) is 73.9 cm³/mol. The predicted octanol–water partition coefficient (Wildman–Crippen LogP) is 3.80. The summed E-state index contributed by atoms with van der Waals surface area (Å²) in [6.45, 7) is 0. The summed E-state index contributed by atoms with van der Waals surface area (Å²) >= 11 is 5.28. The SMILES string of the molecule is CSC1CCC(n2cc(Br)cc2C(=O)O)CC1. The molecular weight excluding hydrogens is 302 g/mol. The van der Waals surface area contributed by atoms with E-state index in [1.165, 1.54) is 12.8 Å². The molecule has 0 bridgehead atoms. The molecule has 0 saturated heterocycles. The van der Waals surface area contributed by atoms with Crippen molar-refractivity contribution in [2.75, 3.05) is 6.26 Å². The van der Waals surface area contributed by atoms with Crippen molar-refractivity contribution in [3.05, 3.63) is 22.4 Å². The highest BCUT2D eigenvalue weighted by molar-refractivity contribution is 9.10. The fourth-order valence-corrected chi connectivity index (χ4v) is 3.66. The Morgan fingerprint density at radius 1 is 1.47 bits per heavy atom. The van der Waals surface area contributed by atoms with Crippen molar-refractivity contribution in [2.24, 2.45) is 0 Å². The van der Waals surface area contributed by atoms with Crippen molar-refractivity contribution in [3.63, 3.8) is 0 Å². The van der Waals surface area contributed by atoms with E-state index in [-0.39, 0.29) is 0 Å². The van der Waals surface area contributed by atoms with E-state index in [0.29, 0.717) is 11.7 Å². The van der Waals surface area contributed by atoms with Gasteiger partial charge in [0.05, 0.1) is 0 Å². The van der Waals surface area contributed by atoms with Gasteiger partial charge in [-0.3, -0.25) is 0 Å². The second-order valence-electron chi connectivity index (χ2n) is 4.42. The van der Waals surface area contributed by atoms with Crippen molar-refractivity contribution in [1.82, 2.24) is 4.57 Å². The number of thioether (sulfide) groups is 1. The number of hydrogen-bond donors (Lipinski definition) is 1. The fraction of sp³-hybridized carbons (Fsp3) is 0.583. The largest absolute Gasteiger partial charge is 0.477 e. The molecule has 1 heterocycles. The van der Waals surface area contributed by atoms with Crippen LogP contribution in [0.2, 0.25) is 0 Å². The molecule has 17 heavy (non-hydrogen) atoms. The Morgan fingerprint density at radius 2 is 2.12 bits per heavy atom. The van der Waals surface area contributed by atoms with Gasteiger partial charge in [-0.25, -0.2) is 4.79 Å². The van der Waals surface area contributed by atoms with Gasteiger partial charge in [0.25, 0.3) is 0 Å². The van der Waals surface area contributed by atoms with E-state index in [0.717, 1.165) is 22.6 Å². The molecule has 5 heteroatoms. The van der Waals surface area contributed by atoms with Crippen LogP contribution < -0.4 is 0 Å². The molecule has 1 N–H and O–H groups in total. The lowest BCUT2D eigenvalue weighted by Gasteiger charge is -2.29. The highest BCUT2D eigenvalue weighted by Crippen LogP contribution is 2.35. The molecule has 0 amide bonds. The molecule has 0 radical (unpaired) electrons. The fourth-order valence-electron chi connectivity index (χ4n) is 2.48. The van der Waals surface area contributed by atoms with Crippen molar-refractivity contribution in [3.8, 4) is 0 Å². The van der Waals surface area contributed by atoms with E-state index < -0.39 is 5.97 Å². The number of aromatic nitrogens is 1. The minimum absolute atomic E-state index is 0.343. The zero-order chi connectivity index (χ0) is 12.4. The Balaban J connectivity index is 2.15. The van der Waals surface area contributed by atoms with E-state index in [2.05, 4.69) is 22.2 Å². The van der Waals surface area contributed by atoms with Gasteiger partial charge < -0.3 is 9.67 Å². The summed E-state index contributed by atoms with van der Waals surface area (Å²) in [6.07, 6.45) is 8.56. The van der Waals surface area contributed by atoms with Crippen molar-refractivity contribution in [1.29, 1.82) is 0 Å². The molecule has 1 aliphatic carbocycles. The van der Waals surface area contributed by atoms with Crippen LogP contribution in [0, 0.1) is 0 Å². The van der Waals surface area contributed by atoms with Gasteiger partial charge in [-0.05, 0) is 53.9 Å². The van der Waals surface area contributed by atoms with Crippen LogP contribution >= 0.6 is 27.7 Å². The molecule has 0 aromatic carbocycles. The highest BCUT2D eigenvalue weighted by atomic mass is 79.9. The summed E-state index contributed by atoms with van der Waals surface area (Å²) in [5, 5.41) is 9.91. The Morgan fingerprint density at radius 3 is 2.65 bits per heavy atom.